The predicted octanol–water partition coefficient (Wildman–Crippen LogP) is 2.86. The lowest BCUT2D eigenvalue weighted by atomic mass is 9.88. The molecule has 2 rings (SSSR count). The molecule has 15 heavy (non-hydrogen) atoms. The van der Waals surface area contributed by atoms with Crippen LogP contribution >= 0.6 is 0 Å². The number of carbonyl (C=O) groups excluding carboxylic acids is 1. The first kappa shape index (κ1) is 10.2. The number of anilines is 1. The molecule has 0 unspecified atom stereocenters. The van der Waals surface area contributed by atoms with Crippen LogP contribution < -0.4 is 5.32 Å². The molecule has 0 spiro atoms. The highest BCUT2D eigenvalue weighted by Crippen LogP contribution is 2.21. The molecular formula is C13H17NO. The summed E-state index contributed by atoms with van der Waals surface area (Å²) in [5.74, 6) is 1.11. The number of hydrogen-bond donors (Lipinski definition) is 1. The van der Waals surface area contributed by atoms with E-state index in [0.29, 0.717) is 11.7 Å². The van der Waals surface area contributed by atoms with E-state index in [0.717, 1.165) is 32.2 Å². The van der Waals surface area contributed by atoms with Gasteiger partial charge in [0.05, 0.1) is 0 Å². The smallest absolute Gasteiger partial charge is 0.132 e. The molecule has 80 valence electrons. The summed E-state index contributed by atoms with van der Waals surface area (Å²) in [5.41, 5.74) is 1.18. The number of rotatable bonds is 3. The molecule has 1 aromatic rings. The molecule has 1 fully saturated rings. The maximum atomic E-state index is 11.1. The van der Waals surface area contributed by atoms with Gasteiger partial charge < -0.3 is 5.32 Å². The molecular weight excluding hydrogens is 186 g/mol. The number of ketones is 1. The Morgan fingerprint density at radius 2 is 1.80 bits per heavy atom. The minimum absolute atomic E-state index is 0.436. The number of benzene rings is 1. The van der Waals surface area contributed by atoms with Gasteiger partial charge in [-0.3, -0.25) is 4.79 Å². The van der Waals surface area contributed by atoms with E-state index in [1.54, 1.807) is 0 Å². The number of hydrogen-bond acceptors (Lipinski definition) is 2. The number of para-hydroxylation sites is 1. The molecule has 2 nitrogen and oxygen atoms in total. The third kappa shape index (κ3) is 3.08. The van der Waals surface area contributed by atoms with Crippen LogP contribution in [0.2, 0.25) is 0 Å². The standard InChI is InChI=1S/C13H17NO/c15-13-8-6-11(7-9-13)10-14-12-4-2-1-3-5-12/h1-5,11,14H,6-10H2. The second-order valence-electron chi connectivity index (χ2n) is 4.23. The minimum Gasteiger partial charge on any atom is -0.385 e. The van der Waals surface area contributed by atoms with Crippen molar-refractivity contribution in [1.29, 1.82) is 0 Å². The largest absolute Gasteiger partial charge is 0.385 e. The van der Waals surface area contributed by atoms with Gasteiger partial charge in [0.1, 0.15) is 5.78 Å². The summed E-state index contributed by atoms with van der Waals surface area (Å²) in [6.45, 7) is 0.997. The first-order valence-electron chi connectivity index (χ1n) is 5.65. The summed E-state index contributed by atoms with van der Waals surface area (Å²) in [7, 11) is 0. The molecule has 1 N–H and O–H groups in total. The molecule has 0 atom stereocenters. The third-order valence-corrected chi connectivity index (χ3v) is 3.03. The Labute approximate surface area is 90.7 Å². The van der Waals surface area contributed by atoms with Crippen molar-refractivity contribution in [1.82, 2.24) is 0 Å². The summed E-state index contributed by atoms with van der Waals surface area (Å²) >= 11 is 0. The van der Waals surface area contributed by atoms with Gasteiger partial charge in [-0.1, -0.05) is 18.2 Å². The molecule has 1 aromatic carbocycles. The second-order valence-corrected chi connectivity index (χ2v) is 4.23. The average molecular weight is 203 g/mol. The van der Waals surface area contributed by atoms with E-state index in [-0.39, 0.29) is 0 Å². The fourth-order valence-corrected chi connectivity index (χ4v) is 2.02. The maximum absolute atomic E-state index is 11.1. The van der Waals surface area contributed by atoms with Crippen molar-refractivity contribution in [3.8, 4) is 0 Å². The molecule has 0 heterocycles. The lowest BCUT2D eigenvalue weighted by molar-refractivity contribution is -0.120. The van der Waals surface area contributed by atoms with Gasteiger partial charge in [-0.2, -0.15) is 0 Å². The van der Waals surface area contributed by atoms with Crippen molar-refractivity contribution in [3.05, 3.63) is 30.3 Å². The Hall–Kier alpha value is -1.31. The lowest BCUT2D eigenvalue weighted by Crippen LogP contribution is -2.20. The molecule has 0 aliphatic heterocycles. The van der Waals surface area contributed by atoms with E-state index in [1.807, 2.05) is 18.2 Å². The highest BCUT2D eigenvalue weighted by molar-refractivity contribution is 5.79. The minimum atomic E-state index is 0.436. The highest BCUT2D eigenvalue weighted by atomic mass is 16.1. The molecule has 2 heteroatoms. The van der Waals surface area contributed by atoms with E-state index >= 15 is 0 Å². The first-order chi connectivity index (χ1) is 7.34. The molecule has 0 amide bonds. The molecule has 1 saturated carbocycles. The van der Waals surface area contributed by atoms with Gasteiger partial charge in [-0.25, -0.2) is 0 Å². The Kier molecular flexibility index (Phi) is 3.38. The molecule has 0 radical (unpaired) electrons. The van der Waals surface area contributed by atoms with Crippen molar-refractivity contribution < 1.29 is 4.79 Å². The summed E-state index contributed by atoms with van der Waals surface area (Å²) in [4.78, 5) is 11.1. The van der Waals surface area contributed by atoms with Crippen LogP contribution in [0, 0.1) is 5.92 Å². The van der Waals surface area contributed by atoms with Crippen molar-refractivity contribution in [3.63, 3.8) is 0 Å². The Morgan fingerprint density at radius 1 is 1.13 bits per heavy atom. The Bertz CT molecular complexity index is 311. The predicted molar refractivity (Wildman–Crippen MR) is 61.9 cm³/mol. The van der Waals surface area contributed by atoms with Gasteiger partial charge in [-0.15, -0.1) is 0 Å². The zero-order chi connectivity index (χ0) is 10.5. The summed E-state index contributed by atoms with van der Waals surface area (Å²) in [5, 5.41) is 3.42. The van der Waals surface area contributed by atoms with E-state index in [9.17, 15) is 4.79 Å². The Morgan fingerprint density at radius 3 is 2.47 bits per heavy atom. The van der Waals surface area contributed by atoms with Gasteiger partial charge >= 0.3 is 0 Å². The van der Waals surface area contributed by atoms with Gasteiger partial charge in [0, 0.05) is 25.1 Å². The number of Topliss-reactive ketones (excluding diaryl/α,β-unsaturated/α-hetero) is 1. The molecule has 1 aliphatic rings. The van der Waals surface area contributed by atoms with Crippen LogP contribution in [-0.4, -0.2) is 12.3 Å². The highest BCUT2D eigenvalue weighted by Gasteiger charge is 2.17. The molecule has 0 aromatic heterocycles. The van der Waals surface area contributed by atoms with Crippen molar-refractivity contribution >= 4 is 11.5 Å². The molecule has 0 bridgehead atoms. The zero-order valence-electron chi connectivity index (χ0n) is 8.91. The van der Waals surface area contributed by atoms with Gasteiger partial charge in [0.25, 0.3) is 0 Å². The normalized spacial score (nSPS) is 17.7. The quantitative estimate of drug-likeness (QED) is 0.818. The van der Waals surface area contributed by atoms with Gasteiger partial charge in [0.2, 0.25) is 0 Å². The van der Waals surface area contributed by atoms with Crippen LogP contribution in [0.1, 0.15) is 25.7 Å². The van der Waals surface area contributed by atoms with Gasteiger partial charge in [-0.05, 0) is 30.9 Å². The van der Waals surface area contributed by atoms with Crippen molar-refractivity contribution in [2.45, 2.75) is 25.7 Å². The van der Waals surface area contributed by atoms with Crippen LogP contribution in [0.15, 0.2) is 30.3 Å². The first-order valence-corrected chi connectivity index (χ1v) is 5.65. The number of nitrogens with one attached hydrogen (secondary N) is 1. The van der Waals surface area contributed by atoms with E-state index < -0.39 is 0 Å². The molecule has 1 aliphatic carbocycles. The Balaban J connectivity index is 1.77. The summed E-state index contributed by atoms with van der Waals surface area (Å²) < 4.78 is 0. The van der Waals surface area contributed by atoms with Gasteiger partial charge in [0.15, 0.2) is 0 Å². The number of carbonyl (C=O) groups is 1. The summed E-state index contributed by atoms with van der Waals surface area (Å²) in [6.07, 6.45) is 3.67. The van der Waals surface area contributed by atoms with Crippen LogP contribution in [0.5, 0.6) is 0 Å². The van der Waals surface area contributed by atoms with E-state index in [1.165, 1.54) is 5.69 Å². The monoisotopic (exact) mass is 203 g/mol. The summed E-state index contributed by atoms with van der Waals surface area (Å²) in [6, 6.07) is 10.2. The fourth-order valence-electron chi connectivity index (χ4n) is 2.02. The molecule has 0 saturated heterocycles. The second kappa shape index (κ2) is 4.96. The SMILES string of the molecule is O=C1CCC(CNc2ccccc2)CC1. The zero-order valence-corrected chi connectivity index (χ0v) is 8.91. The van der Waals surface area contributed by atoms with E-state index in [2.05, 4.69) is 17.4 Å². The van der Waals surface area contributed by atoms with Crippen LogP contribution in [0.25, 0.3) is 0 Å². The van der Waals surface area contributed by atoms with Crippen LogP contribution in [0.4, 0.5) is 5.69 Å². The van der Waals surface area contributed by atoms with Crippen LogP contribution in [-0.2, 0) is 4.79 Å². The van der Waals surface area contributed by atoms with Crippen molar-refractivity contribution in [2.75, 3.05) is 11.9 Å². The third-order valence-electron chi connectivity index (χ3n) is 3.03. The topological polar surface area (TPSA) is 29.1 Å². The fraction of sp³-hybridized carbons (Fsp3) is 0.462. The van der Waals surface area contributed by atoms with Crippen LogP contribution in [0.3, 0.4) is 0 Å². The lowest BCUT2D eigenvalue weighted by Gasteiger charge is -2.21. The average Bonchev–Trinajstić information content (AvgIpc) is 2.30. The maximum Gasteiger partial charge on any atom is 0.132 e. The van der Waals surface area contributed by atoms with Crippen molar-refractivity contribution in [2.24, 2.45) is 5.92 Å². The van der Waals surface area contributed by atoms with E-state index in [4.69, 9.17) is 0 Å².